The zero-order chi connectivity index (χ0) is 42.4. The Morgan fingerprint density at radius 3 is 2.18 bits per heavy atom. The normalized spacial score (nSPS) is 49.2. The standard InChI is InChI=1S/C43H66O14/c1-10-21(2)36(53)57-34-33(50)43(20-54-22(3)45)24(17-38(34,4)5)23-11-12-26-39(6)15-14-28(55-37-31(49)29(47)30(48)32(56-37)35(51)52)40(7,19-44)25(39)13-16-41(26,8)42(23,9)18-27(43)46/h10-11,24-34,37,44,46-50H,12-20H2,1-9H3,(H,51,52)/b21-10+/t24-,25?,26?,27-,28-,29-,30-,31+,32-,33-,34-,37+,39-,40-,41+,42+,43-/m0/s1. The fourth-order valence-corrected chi connectivity index (χ4v) is 13.2. The molecule has 4 saturated carbocycles. The van der Waals surface area contributed by atoms with Crippen LogP contribution in [-0.4, -0.2) is 122 Å². The zero-order valence-electron chi connectivity index (χ0n) is 34.9. The van der Waals surface area contributed by atoms with Gasteiger partial charge in [-0.3, -0.25) is 4.79 Å². The van der Waals surface area contributed by atoms with Crippen molar-refractivity contribution >= 4 is 17.9 Å². The van der Waals surface area contributed by atoms with Crippen LogP contribution in [0.5, 0.6) is 0 Å². The van der Waals surface area contributed by atoms with Gasteiger partial charge in [0.1, 0.15) is 37.1 Å². The molecule has 57 heavy (non-hydrogen) atoms. The van der Waals surface area contributed by atoms with Gasteiger partial charge in [-0.1, -0.05) is 59.3 Å². The second-order valence-electron chi connectivity index (χ2n) is 20.0. The van der Waals surface area contributed by atoms with Crippen molar-refractivity contribution in [3.05, 3.63) is 23.3 Å². The van der Waals surface area contributed by atoms with E-state index in [4.69, 9.17) is 18.9 Å². The molecule has 7 N–H and O–H groups in total. The summed E-state index contributed by atoms with van der Waals surface area (Å²) in [6.07, 6.45) is -4.98. The first-order chi connectivity index (χ1) is 26.4. The topological polar surface area (TPSA) is 230 Å². The second kappa shape index (κ2) is 14.9. The zero-order valence-corrected chi connectivity index (χ0v) is 34.9. The molecule has 0 aromatic rings. The summed E-state index contributed by atoms with van der Waals surface area (Å²) in [4.78, 5) is 37.3. The number of fused-ring (bicyclic) bond motifs is 7. The summed E-state index contributed by atoms with van der Waals surface area (Å²) >= 11 is 0. The van der Waals surface area contributed by atoms with Crippen molar-refractivity contribution in [1.29, 1.82) is 0 Å². The third-order valence-electron chi connectivity index (χ3n) is 16.8. The Hall–Kier alpha value is -2.43. The van der Waals surface area contributed by atoms with E-state index in [-0.39, 0.29) is 42.3 Å². The van der Waals surface area contributed by atoms with Crippen LogP contribution in [0.15, 0.2) is 23.3 Å². The molecular formula is C43H66O14. The number of carbonyl (C=O) groups is 3. The number of carbonyl (C=O) groups excluding carboxylic acids is 2. The van der Waals surface area contributed by atoms with E-state index in [1.54, 1.807) is 19.9 Å². The minimum absolute atomic E-state index is 0.0834. The Bertz CT molecular complexity index is 1660. The van der Waals surface area contributed by atoms with Gasteiger partial charge in [-0.2, -0.15) is 0 Å². The average Bonchev–Trinajstić information content (AvgIpc) is 3.13. The maximum absolute atomic E-state index is 13.1. The second-order valence-corrected chi connectivity index (χ2v) is 20.0. The molecule has 1 aliphatic heterocycles. The number of carboxylic acids is 1. The highest BCUT2D eigenvalue weighted by Crippen LogP contribution is 2.76. The van der Waals surface area contributed by atoms with Gasteiger partial charge in [-0.15, -0.1) is 0 Å². The fourth-order valence-electron chi connectivity index (χ4n) is 13.2. The van der Waals surface area contributed by atoms with E-state index in [9.17, 15) is 50.1 Å². The van der Waals surface area contributed by atoms with Crippen LogP contribution in [0.25, 0.3) is 0 Å². The number of aliphatic hydroxyl groups excluding tert-OH is 6. The summed E-state index contributed by atoms with van der Waals surface area (Å²) in [7, 11) is 0. The monoisotopic (exact) mass is 806 g/mol. The highest BCUT2D eigenvalue weighted by Gasteiger charge is 2.73. The summed E-state index contributed by atoms with van der Waals surface area (Å²) in [5, 5.41) is 77.3. The molecule has 2 unspecified atom stereocenters. The van der Waals surface area contributed by atoms with Crippen LogP contribution in [0.2, 0.25) is 0 Å². The van der Waals surface area contributed by atoms with Gasteiger partial charge in [0, 0.05) is 23.3 Å². The summed E-state index contributed by atoms with van der Waals surface area (Å²) in [6.45, 7) is 16.8. The first kappa shape index (κ1) is 44.1. The molecule has 17 atom stereocenters. The molecule has 0 spiro atoms. The van der Waals surface area contributed by atoms with E-state index >= 15 is 0 Å². The number of aliphatic hydroxyl groups is 6. The van der Waals surface area contributed by atoms with E-state index in [2.05, 4.69) is 26.8 Å². The Morgan fingerprint density at radius 1 is 0.912 bits per heavy atom. The minimum atomic E-state index is -1.85. The van der Waals surface area contributed by atoms with Gasteiger partial charge >= 0.3 is 17.9 Å². The van der Waals surface area contributed by atoms with Crippen LogP contribution < -0.4 is 0 Å². The van der Waals surface area contributed by atoms with E-state index in [1.807, 2.05) is 20.8 Å². The van der Waals surface area contributed by atoms with Gasteiger partial charge in [0.05, 0.1) is 24.2 Å². The Balaban J connectivity index is 1.35. The molecule has 0 aromatic heterocycles. The number of ether oxygens (including phenoxy) is 4. The van der Waals surface area contributed by atoms with Crippen LogP contribution >= 0.6 is 0 Å². The molecule has 0 aromatic carbocycles. The fraction of sp³-hybridized carbons (Fsp3) is 0.837. The Morgan fingerprint density at radius 2 is 1.58 bits per heavy atom. The number of esters is 2. The van der Waals surface area contributed by atoms with Gasteiger partial charge in [-0.25, -0.2) is 9.59 Å². The number of hydrogen-bond acceptors (Lipinski definition) is 13. The Labute approximate surface area is 335 Å². The van der Waals surface area contributed by atoms with Crippen LogP contribution in [-0.2, 0) is 33.3 Å². The number of aliphatic carboxylic acids is 1. The SMILES string of the molecule is C/C=C(\C)C(=O)O[C@H]1[C@H](O)[C@]2(COC(C)=O)[C@@H](O)C[C@]3(C)C(=CCC4[C@@]5(C)CC[C@H](O[C@@H]6O[C@H](C(=O)O)[C@@H](O)[C@H](O)[C@H]6O)[C@@](C)(CO)C5CC[C@]43C)[C@@H]2CC1(C)C. The molecule has 5 fully saturated rings. The van der Waals surface area contributed by atoms with Gasteiger partial charge < -0.3 is 54.7 Å². The maximum atomic E-state index is 13.1. The highest BCUT2D eigenvalue weighted by molar-refractivity contribution is 5.87. The third-order valence-corrected chi connectivity index (χ3v) is 16.8. The molecule has 14 nitrogen and oxygen atoms in total. The number of hydrogen-bond donors (Lipinski definition) is 7. The molecule has 1 saturated heterocycles. The molecule has 1 heterocycles. The molecular weight excluding hydrogens is 740 g/mol. The highest BCUT2D eigenvalue weighted by atomic mass is 16.7. The molecule has 0 amide bonds. The predicted octanol–water partition coefficient (Wildman–Crippen LogP) is 3.03. The van der Waals surface area contributed by atoms with Crippen LogP contribution in [0.3, 0.4) is 0 Å². The Kier molecular flexibility index (Phi) is 11.6. The first-order valence-corrected chi connectivity index (χ1v) is 20.6. The molecule has 322 valence electrons. The van der Waals surface area contributed by atoms with Gasteiger partial charge in [0.15, 0.2) is 12.4 Å². The number of rotatable bonds is 8. The van der Waals surface area contributed by atoms with Crippen molar-refractivity contribution in [2.24, 2.45) is 50.2 Å². The van der Waals surface area contributed by atoms with Gasteiger partial charge in [-0.05, 0) is 92.8 Å². The minimum Gasteiger partial charge on any atom is -0.479 e. The van der Waals surface area contributed by atoms with Gasteiger partial charge in [0.2, 0.25) is 0 Å². The van der Waals surface area contributed by atoms with Crippen molar-refractivity contribution in [3.63, 3.8) is 0 Å². The summed E-state index contributed by atoms with van der Waals surface area (Å²) in [5.74, 6) is -3.00. The van der Waals surface area contributed by atoms with Crippen molar-refractivity contribution in [2.45, 2.75) is 162 Å². The smallest absolute Gasteiger partial charge is 0.335 e. The lowest BCUT2D eigenvalue weighted by Gasteiger charge is -2.72. The lowest BCUT2D eigenvalue weighted by Crippen LogP contribution is -2.72. The van der Waals surface area contributed by atoms with Crippen molar-refractivity contribution in [1.82, 2.24) is 0 Å². The largest absolute Gasteiger partial charge is 0.479 e. The van der Waals surface area contributed by atoms with Crippen LogP contribution in [0.4, 0.5) is 0 Å². The summed E-state index contributed by atoms with van der Waals surface area (Å²) in [6, 6.07) is 0. The van der Waals surface area contributed by atoms with Crippen molar-refractivity contribution in [3.8, 4) is 0 Å². The molecule has 0 bridgehead atoms. The van der Waals surface area contributed by atoms with E-state index in [0.717, 1.165) is 12.0 Å². The number of carboxylic acid groups (broad SMARTS) is 1. The molecule has 5 aliphatic carbocycles. The first-order valence-electron chi connectivity index (χ1n) is 20.6. The lowest BCUT2D eigenvalue weighted by atomic mass is 9.33. The average molecular weight is 807 g/mol. The molecule has 14 heteroatoms. The van der Waals surface area contributed by atoms with E-state index in [1.165, 1.54) is 6.92 Å². The molecule has 6 aliphatic rings. The van der Waals surface area contributed by atoms with E-state index in [0.29, 0.717) is 37.7 Å². The summed E-state index contributed by atoms with van der Waals surface area (Å²) in [5.41, 5.74) is -2.67. The van der Waals surface area contributed by atoms with Crippen LogP contribution in [0, 0.1) is 50.2 Å². The lowest BCUT2D eigenvalue weighted by molar-refractivity contribution is -0.328. The quantitative estimate of drug-likeness (QED) is 0.0810. The predicted molar refractivity (Wildman–Crippen MR) is 204 cm³/mol. The van der Waals surface area contributed by atoms with E-state index < -0.39 is 101 Å². The van der Waals surface area contributed by atoms with Crippen molar-refractivity contribution < 1.29 is 69.1 Å². The van der Waals surface area contributed by atoms with Crippen LogP contribution in [0.1, 0.15) is 107 Å². The summed E-state index contributed by atoms with van der Waals surface area (Å²) < 4.78 is 23.5. The number of allylic oxidation sites excluding steroid dienone is 3. The third kappa shape index (κ3) is 6.45. The maximum Gasteiger partial charge on any atom is 0.335 e. The van der Waals surface area contributed by atoms with Crippen molar-refractivity contribution in [2.75, 3.05) is 13.2 Å². The molecule has 6 rings (SSSR count). The van der Waals surface area contributed by atoms with Gasteiger partial charge in [0.25, 0.3) is 0 Å². The molecule has 0 radical (unpaired) electrons.